The van der Waals surface area contributed by atoms with Gasteiger partial charge in [0.05, 0.1) is 17.3 Å². The molecule has 0 saturated heterocycles. The Labute approximate surface area is 116 Å². The fraction of sp³-hybridized carbons (Fsp3) is 0.357. The van der Waals surface area contributed by atoms with E-state index in [1.54, 1.807) is 16.9 Å². The first-order chi connectivity index (χ1) is 8.97. The Morgan fingerprint density at radius 2 is 2.16 bits per heavy atom. The van der Waals surface area contributed by atoms with Gasteiger partial charge < -0.3 is 5.11 Å². The summed E-state index contributed by atoms with van der Waals surface area (Å²) in [6, 6.07) is 4.72. The van der Waals surface area contributed by atoms with Crippen LogP contribution in [0.15, 0.2) is 30.6 Å². The molecule has 102 valence electrons. The Balaban J connectivity index is 2.11. The number of rotatable bonds is 4. The molecule has 1 atom stereocenters. The van der Waals surface area contributed by atoms with E-state index in [9.17, 15) is 9.50 Å². The fourth-order valence-electron chi connectivity index (χ4n) is 1.81. The molecule has 1 N–H and O–H groups in total. The summed E-state index contributed by atoms with van der Waals surface area (Å²) < 4.78 is 14.8. The van der Waals surface area contributed by atoms with Gasteiger partial charge in [-0.25, -0.2) is 4.39 Å². The molecule has 5 heteroatoms. The van der Waals surface area contributed by atoms with Crippen molar-refractivity contribution in [1.29, 1.82) is 0 Å². The Morgan fingerprint density at radius 1 is 1.42 bits per heavy atom. The molecule has 3 nitrogen and oxygen atoms in total. The molecule has 0 aliphatic heterocycles. The van der Waals surface area contributed by atoms with E-state index in [1.165, 1.54) is 12.1 Å². The lowest BCUT2D eigenvalue weighted by molar-refractivity contribution is 0.178. The van der Waals surface area contributed by atoms with Crippen LogP contribution in [0.3, 0.4) is 0 Å². The van der Waals surface area contributed by atoms with Gasteiger partial charge >= 0.3 is 0 Å². The third-order valence-corrected chi connectivity index (χ3v) is 3.24. The first-order valence-electron chi connectivity index (χ1n) is 6.13. The zero-order chi connectivity index (χ0) is 14.0. The Kier molecular flexibility index (Phi) is 4.22. The second kappa shape index (κ2) is 5.72. The lowest BCUT2D eigenvalue weighted by Crippen LogP contribution is -2.02. The van der Waals surface area contributed by atoms with Crippen molar-refractivity contribution in [3.05, 3.63) is 52.6 Å². The smallest absolute Gasteiger partial charge is 0.141 e. The maximum Gasteiger partial charge on any atom is 0.141 e. The molecule has 0 aliphatic carbocycles. The topological polar surface area (TPSA) is 38.0 Å². The molecule has 0 aliphatic rings. The van der Waals surface area contributed by atoms with Crippen molar-refractivity contribution >= 4 is 11.6 Å². The van der Waals surface area contributed by atoms with Crippen molar-refractivity contribution in [3.8, 4) is 0 Å². The molecular weight excluding hydrogens is 267 g/mol. The molecular formula is C14H16ClFN2O. The first kappa shape index (κ1) is 14.0. The molecule has 1 unspecified atom stereocenters. The molecule has 2 aromatic rings. The zero-order valence-electron chi connectivity index (χ0n) is 10.8. The van der Waals surface area contributed by atoms with Crippen molar-refractivity contribution in [2.45, 2.75) is 32.4 Å². The Hall–Kier alpha value is -1.39. The van der Waals surface area contributed by atoms with Crippen molar-refractivity contribution in [1.82, 2.24) is 9.78 Å². The summed E-state index contributed by atoms with van der Waals surface area (Å²) in [4.78, 5) is 0. The van der Waals surface area contributed by atoms with Crippen molar-refractivity contribution in [3.63, 3.8) is 0 Å². The van der Waals surface area contributed by atoms with Crippen LogP contribution in [-0.2, 0) is 6.42 Å². The molecule has 0 amide bonds. The second-order valence-electron chi connectivity index (χ2n) is 4.82. The van der Waals surface area contributed by atoms with Gasteiger partial charge in [-0.2, -0.15) is 5.10 Å². The van der Waals surface area contributed by atoms with Gasteiger partial charge in [-0.1, -0.05) is 17.7 Å². The highest BCUT2D eigenvalue weighted by molar-refractivity contribution is 6.30. The molecule has 0 radical (unpaired) electrons. The number of aromatic nitrogens is 2. The summed E-state index contributed by atoms with van der Waals surface area (Å²) in [5.74, 6) is -0.451. The van der Waals surface area contributed by atoms with E-state index in [4.69, 9.17) is 11.6 Å². The van der Waals surface area contributed by atoms with Crippen LogP contribution >= 0.6 is 11.6 Å². The molecule has 2 rings (SSSR count). The highest BCUT2D eigenvalue weighted by atomic mass is 35.5. The van der Waals surface area contributed by atoms with E-state index in [1.807, 2.05) is 20.0 Å². The SMILES string of the molecule is CC(C)n1cc(C(O)Cc2ccc(F)c(Cl)c2)cn1. The number of aliphatic hydroxyl groups is 1. The van der Waals surface area contributed by atoms with Gasteiger partial charge in [0.25, 0.3) is 0 Å². The number of aliphatic hydroxyl groups excluding tert-OH is 1. The standard InChI is InChI=1S/C14H16ClFN2O/c1-9(2)18-8-11(7-17-18)14(19)6-10-3-4-13(16)12(15)5-10/h3-5,7-9,14,19H,6H2,1-2H3. The summed E-state index contributed by atoms with van der Waals surface area (Å²) in [5, 5.41) is 14.4. The van der Waals surface area contributed by atoms with Gasteiger partial charge in [0.1, 0.15) is 5.82 Å². The summed E-state index contributed by atoms with van der Waals surface area (Å²) in [6.45, 7) is 4.03. The fourth-order valence-corrected chi connectivity index (χ4v) is 2.02. The van der Waals surface area contributed by atoms with Gasteiger partial charge in [0.15, 0.2) is 0 Å². The van der Waals surface area contributed by atoms with Crippen LogP contribution in [0, 0.1) is 5.82 Å². The van der Waals surface area contributed by atoms with Gasteiger partial charge in [0, 0.05) is 24.2 Å². The predicted octanol–water partition coefficient (Wildman–Crippen LogP) is 3.53. The lowest BCUT2D eigenvalue weighted by atomic mass is 10.0. The van der Waals surface area contributed by atoms with Crippen LogP contribution in [0.4, 0.5) is 4.39 Å². The van der Waals surface area contributed by atoms with Crippen LogP contribution in [0.2, 0.25) is 5.02 Å². The van der Waals surface area contributed by atoms with E-state index in [2.05, 4.69) is 5.10 Å². The minimum absolute atomic E-state index is 0.0718. The highest BCUT2D eigenvalue weighted by Gasteiger charge is 2.13. The first-order valence-corrected chi connectivity index (χ1v) is 6.51. The van der Waals surface area contributed by atoms with Crippen LogP contribution in [0.5, 0.6) is 0 Å². The molecule has 19 heavy (non-hydrogen) atoms. The summed E-state index contributed by atoms with van der Waals surface area (Å²) in [7, 11) is 0. The largest absolute Gasteiger partial charge is 0.388 e. The molecule has 0 spiro atoms. The number of hydrogen-bond acceptors (Lipinski definition) is 2. The number of nitrogens with zero attached hydrogens (tertiary/aromatic N) is 2. The monoisotopic (exact) mass is 282 g/mol. The minimum atomic E-state index is -0.672. The van der Waals surface area contributed by atoms with E-state index >= 15 is 0 Å². The molecule has 0 saturated carbocycles. The zero-order valence-corrected chi connectivity index (χ0v) is 11.6. The van der Waals surface area contributed by atoms with Crippen LogP contribution in [-0.4, -0.2) is 14.9 Å². The lowest BCUT2D eigenvalue weighted by Gasteiger charge is -2.09. The molecule has 0 fully saturated rings. The maximum absolute atomic E-state index is 13.0. The van der Waals surface area contributed by atoms with Gasteiger partial charge in [-0.15, -0.1) is 0 Å². The van der Waals surface area contributed by atoms with Crippen LogP contribution in [0.25, 0.3) is 0 Å². The average Bonchev–Trinajstić information content (AvgIpc) is 2.83. The quantitative estimate of drug-likeness (QED) is 0.931. The van der Waals surface area contributed by atoms with Crippen LogP contribution < -0.4 is 0 Å². The van der Waals surface area contributed by atoms with E-state index in [0.717, 1.165) is 11.1 Å². The van der Waals surface area contributed by atoms with Crippen molar-refractivity contribution in [2.24, 2.45) is 0 Å². The second-order valence-corrected chi connectivity index (χ2v) is 5.22. The summed E-state index contributed by atoms with van der Waals surface area (Å²) in [6.07, 6.45) is 3.18. The molecule has 0 bridgehead atoms. The van der Waals surface area contributed by atoms with Gasteiger partial charge in [0.2, 0.25) is 0 Å². The summed E-state index contributed by atoms with van der Waals surface area (Å²) >= 11 is 5.72. The van der Waals surface area contributed by atoms with Crippen LogP contribution in [0.1, 0.15) is 37.1 Å². The van der Waals surface area contributed by atoms with Crippen molar-refractivity contribution < 1.29 is 9.50 Å². The number of halogens is 2. The molecule has 1 heterocycles. The molecule has 1 aromatic heterocycles. The molecule has 1 aromatic carbocycles. The number of hydrogen-bond donors (Lipinski definition) is 1. The van der Waals surface area contributed by atoms with Gasteiger partial charge in [-0.05, 0) is 31.5 Å². The van der Waals surface area contributed by atoms with Gasteiger partial charge in [-0.3, -0.25) is 4.68 Å². The van der Waals surface area contributed by atoms with E-state index in [-0.39, 0.29) is 11.1 Å². The minimum Gasteiger partial charge on any atom is -0.388 e. The Bertz CT molecular complexity index is 568. The van der Waals surface area contributed by atoms with E-state index in [0.29, 0.717) is 6.42 Å². The predicted molar refractivity (Wildman–Crippen MR) is 72.7 cm³/mol. The summed E-state index contributed by atoms with van der Waals surface area (Å²) in [5.41, 5.74) is 1.53. The maximum atomic E-state index is 13.0. The third-order valence-electron chi connectivity index (χ3n) is 2.95. The third kappa shape index (κ3) is 3.33. The van der Waals surface area contributed by atoms with Crippen molar-refractivity contribution in [2.75, 3.05) is 0 Å². The normalized spacial score (nSPS) is 12.9. The Morgan fingerprint density at radius 3 is 2.74 bits per heavy atom. The average molecular weight is 283 g/mol. The highest BCUT2D eigenvalue weighted by Crippen LogP contribution is 2.22. The van der Waals surface area contributed by atoms with E-state index < -0.39 is 11.9 Å². The number of benzene rings is 1.